The van der Waals surface area contributed by atoms with Crippen molar-refractivity contribution >= 4 is 27.9 Å². The number of rotatable bonds is 6. The molecule has 0 radical (unpaired) electrons. The second-order valence-corrected chi connectivity index (χ2v) is 6.70. The first kappa shape index (κ1) is 19.1. The average molecular weight is 409 g/mol. The molecule has 0 heterocycles. The molecular formula is C19H18BrFO4. The van der Waals surface area contributed by atoms with Gasteiger partial charge in [0, 0.05) is 10.0 Å². The summed E-state index contributed by atoms with van der Waals surface area (Å²) >= 11 is 3.28. The lowest BCUT2D eigenvalue weighted by Gasteiger charge is -2.11. The summed E-state index contributed by atoms with van der Waals surface area (Å²) in [6.45, 7) is 3.99. The summed E-state index contributed by atoms with van der Waals surface area (Å²) in [5, 5.41) is 0. The van der Waals surface area contributed by atoms with Crippen LogP contribution in [0.3, 0.4) is 0 Å². The van der Waals surface area contributed by atoms with Crippen LogP contribution in [0.25, 0.3) is 0 Å². The van der Waals surface area contributed by atoms with Gasteiger partial charge in [-0.2, -0.15) is 0 Å². The SMILES string of the molecule is CC(C)COC(=O)c1ccccc1C(=O)OCc1cc(F)ccc1Br. The number of carbonyl (C=O) groups is 2. The predicted molar refractivity (Wildman–Crippen MR) is 94.8 cm³/mol. The molecule has 0 saturated carbocycles. The third kappa shape index (κ3) is 5.39. The van der Waals surface area contributed by atoms with Crippen molar-refractivity contribution < 1.29 is 23.5 Å². The number of carbonyl (C=O) groups excluding carboxylic acids is 2. The molecule has 0 N–H and O–H groups in total. The molecule has 25 heavy (non-hydrogen) atoms. The minimum absolute atomic E-state index is 0.115. The zero-order valence-corrected chi connectivity index (χ0v) is 15.5. The van der Waals surface area contributed by atoms with Crippen molar-refractivity contribution in [2.45, 2.75) is 20.5 Å². The normalized spacial score (nSPS) is 10.6. The maximum atomic E-state index is 13.3. The van der Waals surface area contributed by atoms with E-state index in [2.05, 4.69) is 15.9 Å². The first-order chi connectivity index (χ1) is 11.9. The minimum atomic E-state index is -0.673. The van der Waals surface area contributed by atoms with Crippen LogP contribution in [0.5, 0.6) is 0 Å². The summed E-state index contributed by atoms with van der Waals surface area (Å²) in [5.41, 5.74) is 0.753. The van der Waals surface area contributed by atoms with Crippen molar-refractivity contribution in [2.75, 3.05) is 6.61 Å². The maximum Gasteiger partial charge on any atom is 0.339 e. The molecule has 6 heteroatoms. The van der Waals surface area contributed by atoms with E-state index in [0.29, 0.717) is 10.0 Å². The van der Waals surface area contributed by atoms with Gasteiger partial charge in [0.15, 0.2) is 0 Å². The molecule has 2 aromatic carbocycles. The van der Waals surface area contributed by atoms with Crippen molar-refractivity contribution in [1.82, 2.24) is 0 Å². The van der Waals surface area contributed by atoms with Crippen LogP contribution in [0.1, 0.15) is 40.1 Å². The third-order valence-electron chi connectivity index (χ3n) is 3.28. The van der Waals surface area contributed by atoms with E-state index in [1.54, 1.807) is 12.1 Å². The fourth-order valence-electron chi connectivity index (χ4n) is 2.03. The Labute approximate surface area is 154 Å². The number of benzene rings is 2. The molecule has 0 bridgehead atoms. The van der Waals surface area contributed by atoms with Gasteiger partial charge in [0.2, 0.25) is 0 Å². The van der Waals surface area contributed by atoms with Crippen LogP contribution in [-0.2, 0) is 16.1 Å². The molecule has 0 aliphatic heterocycles. The number of hydrogen-bond donors (Lipinski definition) is 0. The molecule has 4 nitrogen and oxygen atoms in total. The Hall–Kier alpha value is -2.21. The molecule has 0 fully saturated rings. The molecular weight excluding hydrogens is 391 g/mol. The average Bonchev–Trinajstić information content (AvgIpc) is 2.60. The lowest BCUT2D eigenvalue weighted by Crippen LogP contribution is -2.16. The van der Waals surface area contributed by atoms with Crippen molar-refractivity contribution in [3.05, 3.63) is 69.4 Å². The number of esters is 2. The lowest BCUT2D eigenvalue weighted by molar-refractivity contribution is 0.0418. The number of hydrogen-bond acceptors (Lipinski definition) is 4. The summed E-state index contributed by atoms with van der Waals surface area (Å²) in [7, 11) is 0. The molecule has 0 amide bonds. The minimum Gasteiger partial charge on any atom is -0.462 e. The topological polar surface area (TPSA) is 52.6 Å². The van der Waals surface area contributed by atoms with Crippen molar-refractivity contribution in [1.29, 1.82) is 0 Å². The van der Waals surface area contributed by atoms with Crippen LogP contribution in [0.2, 0.25) is 0 Å². The first-order valence-electron chi connectivity index (χ1n) is 7.75. The molecule has 0 aliphatic carbocycles. The highest BCUT2D eigenvalue weighted by molar-refractivity contribution is 9.10. The first-order valence-corrected chi connectivity index (χ1v) is 8.55. The van der Waals surface area contributed by atoms with Crippen LogP contribution in [-0.4, -0.2) is 18.5 Å². The van der Waals surface area contributed by atoms with E-state index in [-0.39, 0.29) is 30.3 Å². The molecule has 0 saturated heterocycles. The lowest BCUT2D eigenvalue weighted by atomic mass is 10.1. The fraction of sp³-hybridized carbons (Fsp3) is 0.263. The highest BCUT2D eigenvalue weighted by Crippen LogP contribution is 2.20. The molecule has 2 rings (SSSR count). The zero-order chi connectivity index (χ0) is 18.4. The molecule has 0 aliphatic rings. The fourth-order valence-corrected chi connectivity index (χ4v) is 2.40. The van der Waals surface area contributed by atoms with Gasteiger partial charge in [0.05, 0.1) is 17.7 Å². The van der Waals surface area contributed by atoms with Gasteiger partial charge in [0.25, 0.3) is 0 Å². The Kier molecular flexibility index (Phi) is 6.70. The largest absolute Gasteiger partial charge is 0.462 e. The molecule has 0 spiro atoms. The van der Waals surface area contributed by atoms with E-state index in [1.807, 2.05) is 13.8 Å². The van der Waals surface area contributed by atoms with E-state index in [1.165, 1.54) is 30.3 Å². The van der Waals surface area contributed by atoms with Gasteiger partial charge in [-0.05, 0) is 36.2 Å². The second-order valence-electron chi connectivity index (χ2n) is 5.85. The highest BCUT2D eigenvalue weighted by atomic mass is 79.9. The third-order valence-corrected chi connectivity index (χ3v) is 4.05. The molecule has 0 aromatic heterocycles. The van der Waals surface area contributed by atoms with Crippen LogP contribution in [0, 0.1) is 11.7 Å². The molecule has 132 valence electrons. The zero-order valence-electron chi connectivity index (χ0n) is 13.9. The summed E-state index contributed by atoms with van der Waals surface area (Å²) < 4.78 is 24.3. The monoisotopic (exact) mass is 408 g/mol. The van der Waals surface area contributed by atoms with E-state index in [0.717, 1.165) is 0 Å². The van der Waals surface area contributed by atoms with E-state index in [4.69, 9.17) is 9.47 Å². The standard InChI is InChI=1S/C19H18BrFO4/c1-12(2)10-24-18(22)15-5-3-4-6-16(15)19(23)25-11-13-9-14(21)7-8-17(13)20/h3-9,12H,10-11H2,1-2H3. The smallest absolute Gasteiger partial charge is 0.339 e. The molecule has 0 atom stereocenters. The van der Waals surface area contributed by atoms with Crippen LogP contribution in [0.4, 0.5) is 4.39 Å². The summed E-state index contributed by atoms with van der Waals surface area (Å²) in [5.74, 6) is -1.48. The van der Waals surface area contributed by atoms with E-state index < -0.39 is 17.8 Å². The van der Waals surface area contributed by atoms with E-state index in [9.17, 15) is 14.0 Å². The summed E-state index contributed by atoms with van der Waals surface area (Å²) in [6, 6.07) is 10.4. The highest BCUT2D eigenvalue weighted by Gasteiger charge is 2.19. The van der Waals surface area contributed by atoms with Crippen LogP contribution in [0.15, 0.2) is 46.9 Å². The van der Waals surface area contributed by atoms with Crippen molar-refractivity contribution in [3.63, 3.8) is 0 Å². The van der Waals surface area contributed by atoms with Gasteiger partial charge in [-0.3, -0.25) is 0 Å². The number of halogens is 2. The molecule has 2 aromatic rings. The van der Waals surface area contributed by atoms with Crippen molar-refractivity contribution in [2.24, 2.45) is 5.92 Å². The summed E-state index contributed by atoms with van der Waals surface area (Å²) in [4.78, 5) is 24.5. The quantitative estimate of drug-likeness (QED) is 0.646. The van der Waals surface area contributed by atoms with Crippen LogP contribution < -0.4 is 0 Å². The van der Waals surface area contributed by atoms with Crippen LogP contribution >= 0.6 is 15.9 Å². The Bertz CT molecular complexity index is 774. The molecule has 0 unspecified atom stereocenters. The van der Waals surface area contributed by atoms with Gasteiger partial charge in [0.1, 0.15) is 12.4 Å². The maximum absolute atomic E-state index is 13.3. The van der Waals surface area contributed by atoms with E-state index >= 15 is 0 Å². The number of ether oxygens (including phenoxy) is 2. The van der Waals surface area contributed by atoms with Gasteiger partial charge in [-0.1, -0.05) is 41.9 Å². The van der Waals surface area contributed by atoms with Crippen molar-refractivity contribution in [3.8, 4) is 0 Å². The Balaban J connectivity index is 2.11. The van der Waals surface area contributed by atoms with Gasteiger partial charge in [-0.25, -0.2) is 14.0 Å². The Morgan fingerprint density at radius 2 is 1.64 bits per heavy atom. The predicted octanol–water partition coefficient (Wildman–Crippen LogP) is 4.76. The Morgan fingerprint density at radius 3 is 2.24 bits per heavy atom. The summed E-state index contributed by atoms with van der Waals surface area (Å²) in [6.07, 6.45) is 0. The Morgan fingerprint density at radius 1 is 1.04 bits per heavy atom. The van der Waals surface area contributed by atoms with Gasteiger partial charge < -0.3 is 9.47 Å². The van der Waals surface area contributed by atoms with Gasteiger partial charge in [-0.15, -0.1) is 0 Å². The van der Waals surface area contributed by atoms with Gasteiger partial charge >= 0.3 is 11.9 Å². The second kappa shape index (κ2) is 8.76.